The molecular weight excluding hydrogens is 454 g/mol. The van der Waals surface area contributed by atoms with Crippen molar-refractivity contribution in [3.63, 3.8) is 0 Å². The number of nitrogens with zero attached hydrogens (tertiary/aromatic N) is 1. The molecule has 2 amide bonds. The summed E-state index contributed by atoms with van der Waals surface area (Å²) in [6.07, 6.45) is -0.348. The molecule has 0 bridgehead atoms. The predicted molar refractivity (Wildman–Crippen MR) is 124 cm³/mol. The Labute approximate surface area is 189 Å². The van der Waals surface area contributed by atoms with E-state index in [0.717, 1.165) is 16.3 Å². The summed E-state index contributed by atoms with van der Waals surface area (Å²) in [5.41, 5.74) is 1.64. The molecule has 0 saturated carbocycles. The maximum absolute atomic E-state index is 12.6. The zero-order chi connectivity index (χ0) is 23.1. The molecule has 0 aliphatic carbocycles. The lowest BCUT2D eigenvalue weighted by atomic mass is 10.0. The molecule has 0 radical (unpaired) electrons. The number of carbonyl (C=O) groups is 2. The van der Waals surface area contributed by atoms with Crippen LogP contribution in [0.1, 0.15) is 19.3 Å². The fraction of sp³-hybridized carbons (Fsp3) is 0.250. The Bertz CT molecular complexity index is 1210. The molecule has 0 aliphatic heterocycles. The van der Waals surface area contributed by atoms with Crippen molar-refractivity contribution in [3.05, 3.63) is 47.8 Å². The number of hydrogen-bond acceptors (Lipinski definition) is 6. The third-order valence-electron chi connectivity index (χ3n) is 4.64. The van der Waals surface area contributed by atoms with Crippen LogP contribution < -0.4 is 20.5 Å². The first-order chi connectivity index (χ1) is 15.2. The lowest BCUT2D eigenvalue weighted by Gasteiger charge is -2.15. The van der Waals surface area contributed by atoms with E-state index in [1.165, 1.54) is 11.3 Å². The molecule has 10 nitrogen and oxygen atoms in total. The number of benzene rings is 2. The van der Waals surface area contributed by atoms with Crippen LogP contribution in [0.25, 0.3) is 22.0 Å². The van der Waals surface area contributed by atoms with E-state index in [2.05, 4.69) is 20.3 Å². The minimum Gasteiger partial charge on any atom is -0.465 e. The molecule has 1 unspecified atom stereocenters. The smallest absolute Gasteiger partial charge is 0.405 e. The Kier molecular flexibility index (Phi) is 7.75. The molecule has 12 heteroatoms. The molecule has 6 N–H and O–H groups in total. The highest BCUT2D eigenvalue weighted by Gasteiger charge is 2.21. The number of aromatic nitrogens is 1. The maximum atomic E-state index is 12.6. The summed E-state index contributed by atoms with van der Waals surface area (Å²) < 4.78 is 23.9. The number of amides is 2. The van der Waals surface area contributed by atoms with Gasteiger partial charge in [0, 0.05) is 17.5 Å². The van der Waals surface area contributed by atoms with Crippen LogP contribution in [0.3, 0.4) is 0 Å². The van der Waals surface area contributed by atoms with Crippen molar-refractivity contribution < 1.29 is 23.1 Å². The van der Waals surface area contributed by atoms with E-state index in [1.807, 2.05) is 47.8 Å². The topological polar surface area (TPSA) is 164 Å². The van der Waals surface area contributed by atoms with Crippen LogP contribution in [0, 0.1) is 0 Å². The summed E-state index contributed by atoms with van der Waals surface area (Å²) in [4.78, 5) is 28.2. The number of nitrogens with two attached hydrogens (primary N) is 1. The quantitative estimate of drug-likeness (QED) is 0.282. The van der Waals surface area contributed by atoms with Crippen LogP contribution in [-0.4, -0.2) is 43.1 Å². The Hall–Kier alpha value is -3.06. The van der Waals surface area contributed by atoms with Crippen LogP contribution in [0.4, 0.5) is 9.93 Å². The molecule has 1 heterocycles. The molecule has 0 spiro atoms. The third-order valence-corrected chi connectivity index (χ3v) is 6.00. The van der Waals surface area contributed by atoms with Crippen molar-refractivity contribution in [2.75, 3.05) is 11.9 Å². The van der Waals surface area contributed by atoms with Gasteiger partial charge in [-0.1, -0.05) is 42.5 Å². The van der Waals surface area contributed by atoms with Gasteiger partial charge in [0.25, 0.3) is 10.2 Å². The molecule has 32 heavy (non-hydrogen) atoms. The minimum atomic E-state index is -3.78. The predicted octanol–water partition coefficient (Wildman–Crippen LogP) is 2.50. The average molecular weight is 478 g/mol. The Morgan fingerprint density at radius 3 is 2.62 bits per heavy atom. The van der Waals surface area contributed by atoms with Crippen LogP contribution in [-0.2, 0) is 15.0 Å². The number of nitrogens with one attached hydrogen (secondary N) is 3. The molecule has 0 fully saturated rings. The highest BCUT2D eigenvalue weighted by atomic mass is 32.2. The number of anilines is 1. The van der Waals surface area contributed by atoms with Crippen molar-refractivity contribution in [1.29, 1.82) is 0 Å². The molecule has 0 aliphatic rings. The van der Waals surface area contributed by atoms with Gasteiger partial charge in [-0.2, -0.15) is 8.42 Å². The second-order valence-electron chi connectivity index (χ2n) is 6.99. The van der Waals surface area contributed by atoms with Crippen molar-refractivity contribution in [2.45, 2.75) is 25.3 Å². The highest BCUT2D eigenvalue weighted by Crippen LogP contribution is 2.31. The lowest BCUT2D eigenvalue weighted by molar-refractivity contribution is -0.118. The molecule has 1 atom stereocenters. The third kappa shape index (κ3) is 6.72. The summed E-state index contributed by atoms with van der Waals surface area (Å²) in [5, 5.41) is 23.0. The van der Waals surface area contributed by atoms with E-state index in [4.69, 9.17) is 10.2 Å². The molecule has 0 saturated heterocycles. The molecule has 3 rings (SSSR count). The fourth-order valence-corrected chi connectivity index (χ4v) is 4.34. The zero-order valence-electron chi connectivity index (χ0n) is 16.9. The van der Waals surface area contributed by atoms with Crippen molar-refractivity contribution in [2.24, 2.45) is 5.14 Å². The first kappa shape index (κ1) is 23.6. The summed E-state index contributed by atoms with van der Waals surface area (Å²) in [6, 6.07) is 12.8. The molecule has 3 aromatic rings. The first-order valence-electron chi connectivity index (χ1n) is 9.74. The van der Waals surface area contributed by atoms with E-state index < -0.39 is 28.3 Å². The zero-order valence-corrected chi connectivity index (χ0v) is 18.6. The fourth-order valence-electron chi connectivity index (χ4n) is 3.20. The molecule has 2 aromatic carbocycles. The van der Waals surface area contributed by atoms with E-state index in [9.17, 15) is 18.0 Å². The maximum Gasteiger partial charge on any atom is 0.405 e. The second-order valence-corrected chi connectivity index (χ2v) is 9.23. The standard InChI is InChI=1S/C20H23N5O5S2/c21-32(29,30)22-11-4-3-10-16(24-20(27)28)18(26)25-19-23-17(12-31-19)15-9-5-7-13-6-1-2-8-14(13)15/h1-2,5-9,12,16,22,24H,3-4,10-11H2,(H,27,28)(H2,21,29,30)(H,23,25,26). The monoisotopic (exact) mass is 477 g/mol. The first-order valence-corrected chi connectivity index (χ1v) is 12.2. The number of carboxylic acid groups (broad SMARTS) is 1. The Morgan fingerprint density at radius 1 is 1.12 bits per heavy atom. The number of carbonyl (C=O) groups excluding carboxylic acids is 1. The van der Waals surface area contributed by atoms with Gasteiger partial charge in [-0.05, 0) is 30.0 Å². The second kappa shape index (κ2) is 10.5. The van der Waals surface area contributed by atoms with Crippen molar-refractivity contribution in [3.8, 4) is 11.3 Å². The summed E-state index contributed by atoms with van der Waals surface area (Å²) in [5.74, 6) is -0.536. The number of thiazole rings is 1. The SMILES string of the molecule is NS(=O)(=O)NCCCCC(NC(=O)O)C(=O)Nc1nc(-c2cccc3ccccc23)cs1. The van der Waals surface area contributed by atoms with E-state index >= 15 is 0 Å². The van der Waals surface area contributed by atoms with E-state index in [0.29, 0.717) is 23.7 Å². The molecular formula is C20H23N5O5S2. The number of rotatable bonds is 10. The number of unbranched alkanes of at least 4 members (excludes halogenated alkanes) is 1. The van der Waals surface area contributed by atoms with Gasteiger partial charge in [0.2, 0.25) is 5.91 Å². The van der Waals surface area contributed by atoms with Gasteiger partial charge in [-0.25, -0.2) is 19.6 Å². The summed E-state index contributed by atoms with van der Waals surface area (Å²) in [6.45, 7) is 0.0983. The van der Waals surface area contributed by atoms with Gasteiger partial charge in [-0.15, -0.1) is 11.3 Å². The van der Waals surface area contributed by atoms with Crippen LogP contribution in [0.2, 0.25) is 0 Å². The lowest BCUT2D eigenvalue weighted by Crippen LogP contribution is -2.43. The van der Waals surface area contributed by atoms with Crippen LogP contribution >= 0.6 is 11.3 Å². The average Bonchev–Trinajstić information content (AvgIpc) is 3.19. The van der Waals surface area contributed by atoms with Gasteiger partial charge in [0.1, 0.15) is 6.04 Å². The van der Waals surface area contributed by atoms with E-state index in [-0.39, 0.29) is 13.0 Å². The minimum absolute atomic E-state index is 0.0983. The van der Waals surface area contributed by atoms with Gasteiger partial charge in [-0.3, -0.25) is 4.79 Å². The van der Waals surface area contributed by atoms with Gasteiger partial charge >= 0.3 is 6.09 Å². The van der Waals surface area contributed by atoms with Crippen molar-refractivity contribution >= 4 is 49.5 Å². The summed E-state index contributed by atoms with van der Waals surface area (Å²) in [7, 11) is -3.78. The Morgan fingerprint density at radius 2 is 1.88 bits per heavy atom. The van der Waals surface area contributed by atoms with Gasteiger partial charge in [0.15, 0.2) is 5.13 Å². The normalized spacial score (nSPS) is 12.4. The largest absolute Gasteiger partial charge is 0.465 e. The molecule has 170 valence electrons. The molecule has 1 aromatic heterocycles. The van der Waals surface area contributed by atoms with Gasteiger partial charge in [0.05, 0.1) is 5.69 Å². The Balaban J connectivity index is 1.65. The highest BCUT2D eigenvalue weighted by molar-refractivity contribution is 7.87. The van der Waals surface area contributed by atoms with Crippen LogP contribution in [0.5, 0.6) is 0 Å². The van der Waals surface area contributed by atoms with E-state index in [1.54, 1.807) is 0 Å². The van der Waals surface area contributed by atoms with Gasteiger partial charge < -0.3 is 15.7 Å². The van der Waals surface area contributed by atoms with Crippen molar-refractivity contribution in [1.82, 2.24) is 15.0 Å². The van der Waals surface area contributed by atoms with Crippen LogP contribution in [0.15, 0.2) is 47.8 Å². The summed E-state index contributed by atoms with van der Waals surface area (Å²) >= 11 is 1.24. The number of hydrogen-bond donors (Lipinski definition) is 5. The number of fused-ring (bicyclic) bond motifs is 1.